The molecule has 0 fully saturated rings. The fraction of sp³-hybridized carbons (Fsp3) is 0.0500. The summed E-state index contributed by atoms with van der Waals surface area (Å²) in [5, 5.41) is 1.32. The van der Waals surface area contributed by atoms with Crippen molar-refractivity contribution >= 4 is 17.0 Å². The summed E-state index contributed by atoms with van der Waals surface area (Å²) >= 11 is 0. The highest BCUT2D eigenvalue weighted by Gasteiger charge is 2.18. The molecule has 1 aliphatic carbocycles. The van der Waals surface area contributed by atoms with Crippen LogP contribution in [0.5, 0.6) is 0 Å². The van der Waals surface area contributed by atoms with Crippen LogP contribution in [0.1, 0.15) is 17.7 Å². The minimum Gasteiger partial charge on any atom is -0.313 e. The maximum absolute atomic E-state index is 4.98. The van der Waals surface area contributed by atoms with Crippen molar-refractivity contribution in [2.45, 2.75) is 12.8 Å². The first kappa shape index (κ1) is 25.2. The molecular formula is C40H29N3. The van der Waals surface area contributed by atoms with Gasteiger partial charge in [0.25, 0.3) is 0 Å². The van der Waals surface area contributed by atoms with Crippen molar-refractivity contribution in [1.82, 2.24) is 14.5 Å². The van der Waals surface area contributed by atoms with Gasteiger partial charge in [-0.25, -0.2) is 9.97 Å². The fourth-order valence-electron chi connectivity index (χ4n) is 6.17. The SMILES string of the molecule is C1=Cc2c(n(-c3ccc(-c4ccc(-c5cc(-c6ccccc6)nc(-c6ccccc6)n5)cc4)cc3)c3ccccc23)CC1. The largest absolute Gasteiger partial charge is 0.313 e. The van der Waals surface area contributed by atoms with Crippen molar-refractivity contribution in [1.29, 1.82) is 0 Å². The third-order valence-corrected chi connectivity index (χ3v) is 8.32. The predicted molar refractivity (Wildman–Crippen MR) is 178 cm³/mol. The Morgan fingerprint density at radius 3 is 1.77 bits per heavy atom. The highest BCUT2D eigenvalue weighted by atomic mass is 15.0. The molecule has 0 amide bonds. The minimum absolute atomic E-state index is 0.729. The van der Waals surface area contributed by atoms with Gasteiger partial charge in [-0.1, -0.05) is 127 Å². The Bertz CT molecular complexity index is 2030. The molecule has 43 heavy (non-hydrogen) atoms. The third-order valence-electron chi connectivity index (χ3n) is 8.32. The van der Waals surface area contributed by atoms with Crippen molar-refractivity contribution < 1.29 is 0 Å². The van der Waals surface area contributed by atoms with Crippen LogP contribution in [0.3, 0.4) is 0 Å². The highest BCUT2D eigenvalue weighted by molar-refractivity contribution is 5.93. The van der Waals surface area contributed by atoms with Gasteiger partial charge < -0.3 is 4.57 Å². The second-order valence-electron chi connectivity index (χ2n) is 11.0. The maximum Gasteiger partial charge on any atom is 0.160 e. The number of para-hydroxylation sites is 1. The molecular weight excluding hydrogens is 522 g/mol. The zero-order valence-electron chi connectivity index (χ0n) is 23.7. The van der Waals surface area contributed by atoms with Gasteiger partial charge in [-0.15, -0.1) is 0 Å². The molecule has 7 aromatic rings. The van der Waals surface area contributed by atoms with E-state index in [0.717, 1.165) is 46.7 Å². The van der Waals surface area contributed by atoms with Gasteiger partial charge in [-0.3, -0.25) is 0 Å². The Labute approximate surface area is 251 Å². The number of nitrogens with zero attached hydrogens (tertiary/aromatic N) is 3. The molecule has 0 spiro atoms. The molecule has 3 nitrogen and oxygen atoms in total. The van der Waals surface area contributed by atoms with Gasteiger partial charge in [0.05, 0.1) is 16.9 Å². The normalized spacial score (nSPS) is 12.4. The Hall–Kier alpha value is -5.54. The number of hydrogen-bond acceptors (Lipinski definition) is 2. The van der Waals surface area contributed by atoms with Gasteiger partial charge in [-0.2, -0.15) is 0 Å². The third kappa shape index (κ3) is 4.65. The summed E-state index contributed by atoms with van der Waals surface area (Å²) in [5.74, 6) is 0.729. The molecule has 0 saturated heterocycles. The zero-order valence-corrected chi connectivity index (χ0v) is 23.7. The number of rotatable bonds is 5. The van der Waals surface area contributed by atoms with Crippen LogP contribution < -0.4 is 0 Å². The van der Waals surface area contributed by atoms with Gasteiger partial charge in [0.15, 0.2) is 5.82 Å². The maximum atomic E-state index is 4.98. The average molecular weight is 552 g/mol. The molecule has 0 N–H and O–H groups in total. The second-order valence-corrected chi connectivity index (χ2v) is 11.0. The molecule has 1 aliphatic rings. The molecule has 0 bridgehead atoms. The topological polar surface area (TPSA) is 30.7 Å². The number of allylic oxidation sites excluding steroid dienone is 1. The van der Waals surface area contributed by atoms with E-state index in [2.05, 4.69) is 120 Å². The smallest absolute Gasteiger partial charge is 0.160 e. The van der Waals surface area contributed by atoms with E-state index in [0.29, 0.717) is 0 Å². The molecule has 3 heteroatoms. The summed E-state index contributed by atoms with van der Waals surface area (Å²) in [6, 6.07) is 49.0. The molecule has 0 atom stereocenters. The van der Waals surface area contributed by atoms with Crippen LogP contribution in [-0.4, -0.2) is 14.5 Å². The van der Waals surface area contributed by atoms with Crippen LogP contribution in [0.15, 0.2) is 146 Å². The van der Waals surface area contributed by atoms with E-state index in [9.17, 15) is 0 Å². The van der Waals surface area contributed by atoms with Crippen LogP contribution in [0, 0.1) is 0 Å². The average Bonchev–Trinajstić information content (AvgIpc) is 3.43. The fourth-order valence-corrected chi connectivity index (χ4v) is 6.17. The quantitative estimate of drug-likeness (QED) is 0.213. The Balaban J connectivity index is 1.14. The molecule has 5 aromatic carbocycles. The van der Waals surface area contributed by atoms with Gasteiger partial charge in [0.2, 0.25) is 0 Å². The lowest BCUT2D eigenvalue weighted by Crippen LogP contribution is -2.02. The van der Waals surface area contributed by atoms with E-state index in [1.807, 2.05) is 36.4 Å². The zero-order chi connectivity index (χ0) is 28.6. The molecule has 0 saturated carbocycles. The monoisotopic (exact) mass is 551 g/mol. The van der Waals surface area contributed by atoms with E-state index in [1.54, 1.807) is 0 Å². The summed E-state index contributed by atoms with van der Waals surface area (Å²) in [4.78, 5) is 9.91. The Morgan fingerprint density at radius 2 is 1.07 bits per heavy atom. The number of fused-ring (bicyclic) bond motifs is 3. The summed E-state index contributed by atoms with van der Waals surface area (Å²) in [6.45, 7) is 0. The van der Waals surface area contributed by atoms with E-state index >= 15 is 0 Å². The predicted octanol–water partition coefficient (Wildman–Crippen LogP) is 10.0. The molecule has 0 aliphatic heterocycles. The van der Waals surface area contributed by atoms with Crippen LogP contribution >= 0.6 is 0 Å². The summed E-state index contributed by atoms with van der Waals surface area (Å²) in [7, 11) is 0. The van der Waals surface area contributed by atoms with E-state index < -0.39 is 0 Å². The standard InChI is InChI=1S/C40H29N3/c1-3-11-30(12-4-1)36-27-37(42-40(41-36)32-13-5-2-6-14-32)31-21-19-28(20-22-31)29-23-25-33(26-24-29)43-38-17-9-7-15-34(38)35-16-8-10-18-39(35)43/h1-9,11-17,19-27H,10,18H2. The summed E-state index contributed by atoms with van der Waals surface area (Å²) in [6.07, 6.45) is 6.72. The van der Waals surface area contributed by atoms with Crippen LogP contribution in [0.4, 0.5) is 0 Å². The Kier molecular flexibility index (Phi) is 6.27. The first-order valence-electron chi connectivity index (χ1n) is 14.8. The number of benzene rings is 5. The van der Waals surface area contributed by atoms with E-state index in [1.165, 1.54) is 39.0 Å². The first-order valence-corrected chi connectivity index (χ1v) is 14.8. The van der Waals surface area contributed by atoms with Crippen molar-refractivity contribution in [3.63, 3.8) is 0 Å². The molecule has 0 radical (unpaired) electrons. The van der Waals surface area contributed by atoms with Crippen molar-refractivity contribution in [2.75, 3.05) is 0 Å². The highest BCUT2D eigenvalue weighted by Crippen LogP contribution is 2.35. The number of hydrogen-bond donors (Lipinski definition) is 0. The van der Waals surface area contributed by atoms with Gasteiger partial charge in [0, 0.05) is 39.0 Å². The van der Waals surface area contributed by atoms with Crippen LogP contribution in [0.25, 0.3) is 67.7 Å². The van der Waals surface area contributed by atoms with Crippen LogP contribution in [-0.2, 0) is 6.42 Å². The number of aromatic nitrogens is 3. The van der Waals surface area contributed by atoms with Crippen molar-refractivity contribution in [3.8, 4) is 50.7 Å². The summed E-state index contributed by atoms with van der Waals surface area (Å²) in [5.41, 5.74) is 12.6. The molecule has 2 heterocycles. The second kappa shape index (κ2) is 10.7. The van der Waals surface area contributed by atoms with Crippen molar-refractivity contribution in [3.05, 3.63) is 157 Å². The molecule has 8 rings (SSSR count). The van der Waals surface area contributed by atoms with E-state index in [4.69, 9.17) is 9.97 Å². The molecule has 204 valence electrons. The van der Waals surface area contributed by atoms with Gasteiger partial charge >= 0.3 is 0 Å². The van der Waals surface area contributed by atoms with Gasteiger partial charge in [0.1, 0.15) is 0 Å². The lowest BCUT2D eigenvalue weighted by atomic mass is 10.0. The van der Waals surface area contributed by atoms with Gasteiger partial charge in [-0.05, 0) is 48.2 Å². The minimum atomic E-state index is 0.729. The van der Waals surface area contributed by atoms with E-state index in [-0.39, 0.29) is 0 Å². The molecule has 2 aromatic heterocycles. The summed E-state index contributed by atoms with van der Waals surface area (Å²) < 4.78 is 2.44. The lowest BCUT2D eigenvalue weighted by Gasteiger charge is -2.14. The lowest BCUT2D eigenvalue weighted by molar-refractivity contribution is 0.888. The Morgan fingerprint density at radius 1 is 0.512 bits per heavy atom. The molecule has 0 unspecified atom stereocenters. The van der Waals surface area contributed by atoms with Crippen molar-refractivity contribution in [2.24, 2.45) is 0 Å². The first-order chi connectivity index (χ1) is 21.3. The van der Waals surface area contributed by atoms with Crippen LogP contribution in [0.2, 0.25) is 0 Å².